The van der Waals surface area contributed by atoms with Crippen LogP contribution >= 0.6 is 0 Å². The van der Waals surface area contributed by atoms with Gasteiger partial charge in [-0.25, -0.2) is 0 Å². The highest BCUT2D eigenvalue weighted by Gasteiger charge is 2.63. The van der Waals surface area contributed by atoms with Crippen LogP contribution in [-0.4, -0.2) is 31.1 Å². The zero-order valence-electron chi connectivity index (χ0n) is 12.2. The van der Waals surface area contributed by atoms with Gasteiger partial charge in [0.15, 0.2) is 6.29 Å². The van der Waals surface area contributed by atoms with Gasteiger partial charge in [0, 0.05) is 11.8 Å². The number of esters is 1. The second kappa shape index (κ2) is 4.85. The zero-order chi connectivity index (χ0) is 14.4. The van der Waals surface area contributed by atoms with Crippen molar-refractivity contribution >= 4 is 5.97 Å². The number of ether oxygens (including phenoxy) is 2. The number of carbonyl (C=O) groups is 1. The van der Waals surface area contributed by atoms with Gasteiger partial charge in [0.25, 0.3) is 0 Å². The molecule has 1 saturated heterocycles. The maximum atomic E-state index is 12.5. The predicted molar refractivity (Wildman–Crippen MR) is 73.8 cm³/mol. The zero-order valence-corrected chi connectivity index (χ0v) is 12.2. The minimum atomic E-state index is -0.671. The van der Waals surface area contributed by atoms with Crippen LogP contribution in [0.5, 0.6) is 0 Å². The fraction of sp³-hybridized carbons (Fsp3) is 0.812. The minimum absolute atomic E-state index is 0.0434. The topological polar surface area (TPSA) is 55.8 Å². The summed E-state index contributed by atoms with van der Waals surface area (Å²) in [5.74, 6) is 0.155. The van der Waals surface area contributed by atoms with Gasteiger partial charge < -0.3 is 14.6 Å². The molecule has 1 N–H and O–H groups in total. The van der Waals surface area contributed by atoms with Gasteiger partial charge in [0.05, 0.1) is 19.1 Å². The summed E-state index contributed by atoms with van der Waals surface area (Å²) in [4.78, 5) is 12.5. The fourth-order valence-electron chi connectivity index (χ4n) is 4.96. The number of carbonyl (C=O) groups excluding carboxylic acids is 1. The molecular formula is C16H24O4. The van der Waals surface area contributed by atoms with Gasteiger partial charge in [0.1, 0.15) is 0 Å². The third-order valence-corrected chi connectivity index (χ3v) is 5.80. The Morgan fingerprint density at radius 2 is 2.30 bits per heavy atom. The van der Waals surface area contributed by atoms with Crippen molar-refractivity contribution < 1.29 is 19.4 Å². The van der Waals surface area contributed by atoms with Crippen molar-refractivity contribution in [2.24, 2.45) is 16.7 Å². The summed E-state index contributed by atoms with van der Waals surface area (Å²) < 4.78 is 10.6. The van der Waals surface area contributed by atoms with Crippen LogP contribution in [0.4, 0.5) is 0 Å². The maximum absolute atomic E-state index is 12.5. The molecule has 0 radical (unpaired) electrons. The molecule has 0 aromatic heterocycles. The molecule has 2 saturated carbocycles. The molecule has 3 aliphatic rings. The van der Waals surface area contributed by atoms with Crippen LogP contribution in [-0.2, 0) is 14.3 Å². The van der Waals surface area contributed by atoms with Gasteiger partial charge in [-0.2, -0.15) is 0 Å². The highest BCUT2D eigenvalue weighted by molar-refractivity contribution is 5.78. The standard InChI is InChI=1S/C16H24O4/c1-11-4-3-5-12-15(9-13(17)20-10-15)6-7-16(12,8-11)14(18)19-2/h12-13,17H,1,3-10H2,2H3/t12-,13?,15-,16+/m1/s1. The molecule has 4 nitrogen and oxygen atoms in total. The number of hydrogen-bond donors (Lipinski definition) is 1. The van der Waals surface area contributed by atoms with Crippen LogP contribution < -0.4 is 0 Å². The van der Waals surface area contributed by atoms with E-state index in [1.54, 1.807) is 0 Å². The highest BCUT2D eigenvalue weighted by Crippen LogP contribution is 2.64. The Labute approximate surface area is 120 Å². The minimum Gasteiger partial charge on any atom is -0.469 e. The predicted octanol–water partition coefficient (Wildman–Crippen LogP) is 2.41. The summed E-state index contributed by atoms with van der Waals surface area (Å²) in [6.07, 6.45) is 5.57. The molecule has 0 amide bonds. The van der Waals surface area contributed by atoms with Crippen molar-refractivity contribution in [3.05, 3.63) is 12.2 Å². The lowest BCUT2D eigenvalue weighted by Crippen LogP contribution is -2.41. The highest BCUT2D eigenvalue weighted by atomic mass is 16.6. The quantitative estimate of drug-likeness (QED) is 0.592. The average molecular weight is 280 g/mol. The molecule has 0 aromatic carbocycles. The Bertz CT molecular complexity index is 432. The molecule has 1 spiro atoms. The molecule has 0 aromatic rings. The summed E-state index contributed by atoms with van der Waals surface area (Å²) in [5, 5.41) is 9.79. The lowest BCUT2D eigenvalue weighted by Gasteiger charge is -2.38. The number of methoxy groups -OCH3 is 1. The van der Waals surface area contributed by atoms with Gasteiger partial charge in [-0.1, -0.05) is 12.2 Å². The van der Waals surface area contributed by atoms with Crippen molar-refractivity contribution in [2.45, 2.75) is 51.2 Å². The van der Waals surface area contributed by atoms with Crippen LogP contribution in [0.1, 0.15) is 44.9 Å². The van der Waals surface area contributed by atoms with E-state index in [1.807, 2.05) is 0 Å². The first-order chi connectivity index (χ1) is 9.52. The number of fused-ring (bicyclic) bond motifs is 2. The molecule has 3 fully saturated rings. The van der Waals surface area contributed by atoms with E-state index in [0.717, 1.165) is 44.1 Å². The largest absolute Gasteiger partial charge is 0.469 e. The Kier molecular flexibility index (Phi) is 3.41. The van der Waals surface area contributed by atoms with Crippen LogP contribution in [0, 0.1) is 16.7 Å². The van der Waals surface area contributed by atoms with Gasteiger partial charge >= 0.3 is 5.97 Å². The third-order valence-electron chi connectivity index (χ3n) is 5.80. The van der Waals surface area contributed by atoms with Crippen molar-refractivity contribution in [1.82, 2.24) is 0 Å². The second-order valence-corrected chi connectivity index (χ2v) is 6.85. The molecule has 0 bridgehead atoms. The lowest BCUT2D eigenvalue weighted by molar-refractivity contribution is -0.156. The van der Waals surface area contributed by atoms with E-state index in [4.69, 9.17) is 9.47 Å². The number of rotatable bonds is 1. The van der Waals surface area contributed by atoms with Crippen LogP contribution in [0.25, 0.3) is 0 Å². The number of hydrogen-bond acceptors (Lipinski definition) is 4. The Hall–Kier alpha value is -0.870. The van der Waals surface area contributed by atoms with Gasteiger partial charge in [-0.3, -0.25) is 4.79 Å². The molecule has 2 aliphatic carbocycles. The van der Waals surface area contributed by atoms with Crippen LogP contribution in [0.15, 0.2) is 12.2 Å². The summed E-state index contributed by atoms with van der Waals surface area (Å²) in [7, 11) is 1.48. The first-order valence-corrected chi connectivity index (χ1v) is 7.57. The summed E-state index contributed by atoms with van der Waals surface area (Å²) >= 11 is 0. The number of aliphatic hydroxyl groups is 1. The SMILES string of the molecule is C=C1CCC[C@@H]2[C@@]3(CC[C@]2(C(=O)OC)C1)COC(O)C3. The molecule has 4 atom stereocenters. The van der Waals surface area contributed by atoms with Crippen LogP contribution in [0.3, 0.4) is 0 Å². The summed E-state index contributed by atoms with van der Waals surface area (Å²) in [5.41, 5.74) is 0.683. The van der Waals surface area contributed by atoms with E-state index in [0.29, 0.717) is 13.0 Å². The van der Waals surface area contributed by atoms with Crippen molar-refractivity contribution in [2.75, 3.05) is 13.7 Å². The van der Waals surface area contributed by atoms with E-state index in [-0.39, 0.29) is 17.3 Å². The molecule has 1 aliphatic heterocycles. The molecule has 1 heterocycles. The second-order valence-electron chi connectivity index (χ2n) is 6.85. The van der Waals surface area contributed by atoms with Crippen LogP contribution in [0.2, 0.25) is 0 Å². The molecule has 1 unspecified atom stereocenters. The Morgan fingerprint density at radius 3 is 2.95 bits per heavy atom. The Morgan fingerprint density at radius 1 is 1.50 bits per heavy atom. The molecular weight excluding hydrogens is 256 g/mol. The van der Waals surface area contributed by atoms with Crippen molar-refractivity contribution in [1.29, 1.82) is 0 Å². The van der Waals surface area contributed by atoms with Crippen molar-refractivity contribution in [3.8, 4) is 0 Å². The first-order valence-electron chi connectivity index (χ1n) is 7.57. The van der Waals surface area contributed by atoms with Gasteiger partial charge in [-0.05, 0) is 44.4 Å². The maximum Gasteiger partial charge on any atom is 0.312 e. The summed E-state index contributed by atoms with van der Waals surface area (Å²) in [6, 6.07) is 0. The lowest BCUT2D eigenvalue weighted by atomic mass is 9.65. The average Bonchev–Trinajstić information content (AvgIpc) is 2.87. The number of allylic oxidation sites excluding steroid dienone is 1. The molecule has 3 rings (SSSR count). The van der Waals surface area contributed by atoms with Gasteiger partial charge in [-0.15, -0.1) is 0 Å². The smallest absolute Gasteiger partial charge is 0.312 e. The monoisotopic (exact) mass is 280 g/mol. The fourth-order valence-corrected chi connectivity index (χ4v) is 4.96. The molecule has 112 valence electrons. The van der Waals surface area contributed by atoms with E-state index in [2.05, 4.69) is 6.58 Å². The van der Waals surface area contributed by atoms with E-state index < -0.39 is 11.7 Å². The van der Waals surface area contributed by atoms with E-state index >= 15 is 0 Å². The molecule has 20 heavy (non-hydrogen) atoms. The third kappa shape index (κ3) is 1.92. The number of aliphatic hydroxyl groups excluding tert-OH is 1. The van der Waals surface area contributed by atoms with Gasteiger partial charge in [0.2, 0.25) is 0 Å². The normalized spacial score (nSPS) is 44.4. The van der Waals surface area contributed by atoms with Crippen molar-refractivity contribution in [3.63, 3.8) is 0 Å². The summed E-state index contributed by atoms with van der Waals surface area (Å²) in [6.45, 7) is 4.71. The molecule has 4 heteroatoms. The van der Waals surface area contributed by atoms with E-state index in [1.165, 1.54) is 7.11 Å². The Balaban J connectivity index is 1.98. The first kappa shape index (κ1) is 14.1. The van der Waals surface area contributed by atoms with E-state index in [9.17, 15) is 9.90 Å².